The van der Waals surface area contributed by atoms with Crippen molar-refractivity contribution in [3.05, 3.63) is 23.9 Å². The minimum Gasteiger partial charge on any atom is -0.384 e. The van der Waals surface area contributed by atoms with Crippen LogP contribution in [0.25, 0.3) is 0 Å². The Morgan fingerprint density at radius 1 is 1.42 bits per heavy atom. The zero-order valence-electron chi connectivity index (χ0n) is 7.62. The van der Waals surface area contributed by atoms with Crippen molar-refractivity contribution in [3.8, 4) is 0 Å². The van der Waals surface area contributed by atoms with Crippen LogP contribution < -0.4 is 5.73 Å². The van der Waals surface area contributed by atoms with Gasteiger partial charge in [0, 0.05) is 12.7 Å². The van der Waals surface area contributed by atoms with Gasteiger partial charge in [-0.3, -0.25) is 0 Å². The van der Waals surface area contributed by atoms with Crippen molar-refractivity contribution in [2.24, 2.45) is 0 Å². The number of rotatable bonds is 3. The summed E-state index contributed by atoms with van der Waals surface area (Å²) >= 11 is 0. The molecule has 0 radical (unpaired) electrons. The molecule has 0 aliphatic carbocycles. The number of nitrogens with zero attached hydrogens (tertiary/aromatic N) is 2. The third kappa shape index (κ3) is 2.88. The van der Waals surface area contributed by atoms with Crippen LogP contribution in [0.2, 0.25) is 0 Å². The summed E-state index contributed by atoms with van der Waals surface area (Å²) in [4.78, 5) is 6.17. The Kier molecular flexibility index (Phi) is 3.05. The maximum atomic E-state index is 5.46. The molecule has 1 heterocycles. The van der Waals surface area contributed by atoms with E-state index in [1.165, 1.54) is 5.56 Å². The van der Waals surface area contributed by atoms with E-state index >= 15 is 0 Å². The number of nitrogen functional groups attached to an aromatic ring is 1. The molecule has 0 spiro atoms. The molecule has 0 unspecified atom stereocenters. The SMILES string of the molecule is CN(C)CCc1ccc(N)nc1. The summed E-state index contributed by atoms with van der Waals surface area (Å²) in [5, 5.41) is 0. The lowest BCUT2D eigenvalue weighted by Gasteiger charge is -2.08. The Morgan fingerprint density at radius 3 is 2.67 bits per heavy atom. The second kappa shape index (κ2) is 4.07. The average molecular weight is 165 g/mol. The Labute approximate surface area is 73.2 Å². The van der Waals surface area contributed by atoms with Gasteiger partial charge in [-0.05, 0) is 32.1 Å². The van der Waals surface area contributed by atoms with Crippen molar-refractivity contribution >= 4 is 5.82 Å². The van der Waals surface area contributed by atoms with Crippen LogP contribution in [0.4, 0.5) is 5.82 Å². The maximum Gasteiger partial charge on any atom is 0.123 e. The van der Waals surface area contributed by atoms with E-state index in [1.807, 2.05) is 18.3 Å². The van der Waals surface area contributed by atoms with Gasteiger partial charge in [0.15, 0.2) is 0 Å². The van der Waals surface area contributed by atoms with E-state index in [0.717, 1.165) is 13.0 Å². The first-order valence-electron chi connectivity index (χ1n) is 4.03. The Bertz CT molecular complexity index is 228. The van der Waals surface area contributed by atoms with Gasteiger partial charge in [0.1, 0.15) is 5.82 Å². The fraction of sp³-hybridized carbons (Fsp3) is 0.444. The number of pyridine rings is 1. The zero-order valence-corrected chi connectivity index (χ0v) is 7.62. The second-order valence-electron chi connectivity index (χ2n) is 3.14. The summed E-state index contributed by atoms with van der Waals surface area (Å²) in [6, 6.07) is 3.86. The minimum absolute atomic E-state index is 0.587. The van der Waals surface area contributed by atoms with Crippen molar-refractivity contribution in [3.63, 3.8) is 0 Å². The monoisotopic (exact) mass is 165 g/mol. The highest BCUT2D eigenvalue weighted by Gasteiger charge is 1.94. The van der Waals surface area contributed by atoms with Gasteiger partial charge in [0.2, 0.25) is 0 Å². The van der Waals surface area contributed by atoms with Gasteiger partial charge in [-0.15, -0.1) is 0 Å². The standard InChI is InChI=1S/C9H15N3/c1-12(2)6-5-8-3-4-9(10)11-7-8/h3-4,7H,5-6H2,1-2H3,(H2,10,11). The number of hydrogen-bond acceptors (Lipinski definition) is 3. The molecule has 0 aromatic carbocycles. The Balaban J connectivity index is 2.48. The molecular weight excluding hydrogens is 150 g/mol. The van der Waals surface area contributed by atoms with Gasteiger partial charge in [0.25, 0.3) is 0 Å². The molecule has 12 heavy (non-hydrogen) atoms. The van der Waals surface area contributed by atoms with E-state index in [2.05, 4.69) is 24.0 Å². The summed E-state index contributed by atoms with van der Waals surface area (Å²) in [6.45, 7) is 1.05. The molecule has 3 nitrogen and oxygen atoms in total. The smallest absolute Gasteiger partial charge is 0.123 e. The molecular formula is C9H15N3. The van der Waals surface area contributed by atoms with Crippen LogP contribution in [0, 0.1) is 0 Å². The lowest BCUT2D eigenvalue weighted by Crippen LogP contribution is -2.15. The van der Waals surface area contributed by atoms with Gasteiger partial charge in [-0.25, -0.2) is 4.98 Å². The minimum atomic E-state index is 0.587. The van der Waals surface area contributed by atoms with Crippen LogP contribution in [-0.2, 0) is 6.42 Å². The first-order chi connectivity index (χ1) is 5.68. The molecule has 0 amide bonds. The van der Waals surface area contributed by atoms with E-state index in [1.54, 1.807) is 0 Å². The molecule has 1 aromatic rings. The van der Waals surface area contributed by atoms with Crippen molar-refractivity contribution in [2.75, 3.05) is 26.4 Å². The van der Waals surface area contributed by atoms with E-state index in [0.29, 0.717) is 5.82 Å². The molecule has 0 aliphatic rings. The predicted molar refractivity (Wildman–Crippen MR) is 50.9 cm³/mol. The third-order valence-corrected chi connectivity index (χ3v) is 1.70. The third-order valence-electron chi connectivity index (χ3n) is 1.70. The second-order valence-corrected chi connectivity index (χ2v) is 3.14. The molecule has 3 heteroatoms. The first-order valence-corrected chi connectivity index (χ1v) is 4.03. The van der Waals surface area contributed by atoms with Gasteiger partial charge in [0.05, 0.1) is 0 Å². The van der Waals surface area contributed by atoms with Crippen molar-refractivity contribution in [1.82, 2.24) is 9.88 Å². The number of anilines is 1. The summed E-state index contributed by atoms with van der Waals surface area (Å²) in [5.41, 5.74) is 6.70. The lowest BCUT2D eigenvalue weighted by molar-refractivity contribution is 0.413. The molecule has 0 saturated carbocycles. The predicted octanol–water partition coefficient (Wildman–Crippen LogP) is 0.768. The first kappa shape index (κ1) is 9.00. The maximum absolute atomic E-state index is 5.46. The average Bonchev–Trinajstić information content (AvgIpc) is 2.03. The van der Waals surface area contributed by atoms with Gasteiger partial charge >= 0.3 is 0 Å². The van der Waals surface area contributed by atoms with Gasteiger partial charge in [-0.1, -0.05) is 6.07 Å². The largest absolute Gasteiger partial charge is 0.384 e. The van der Waals surface area contributed by atoms with Crippen LogP contribution in [0.5, 0.6) is 0 Å². The highest BCUT2D eigenvalue weighted by atomic mass is 15.0. The summed E-state index contributed by atoms with van der Waals surface area (Å²) in [7, 11) is 4.12. The topological polar surface area (TPSA) is 42.1 Å². The molecule has 0 bridgehead atoms. The molecule has 2 N–H and O–H groups in total. The fourth-order valence-electron chi connectivity index (χ4n) is 0.937. The molecule has 66 valence electrons. The summed E-state index contributed by atoms with van der Waals surface area (Å²) < 4.78 is 0. The fourth-order valence-corrected chi connectivity index (χ4v) is 0.937. The summed E-state index contributed by atoms with van der Waals surface area (Å²) in [6.07, 6.45) is 2.86. The zero-order chi connectivity index (χ0) is 8.97. The van der Waals surface area contributed by atoms with Crippen molar-refractivity contribution in [1.29, 1.82) is 0 Å². The quantitative estimate of drug-likeness (QED) is 0.719. The van der Waals surface area contributed by atoms with E-state index in [-0.39, 0.29) is 0 Å². The molecule has 1 rings (SSSR count). The van der Waals surface area contributed by atoms with Crippen LogP contribution in [0.15, 0.2) is 18.3 Å². The highest BCUT2D eigenvalue weighted by molar-refractivity contribution is 5.29. The van der Waals surface area contributed by atoms with Crippen LogP contribution >= 0.6 is 0 Å². The van der Waals surface area contributed by atoms with E-state index < -0.39 is 0 Å². The summed E-state index contributed by atoms with van der Waals surface area (Å²) in [5.74, 6) is 0.587. The molecule has 1 aromatic heterocycles. The molecule has 0 aliphatic heterocycles. The Morgan fingerprint density at radius 2 is 2.17 bits per heavy atom. The van der Waals surface area contributed by atoms with Crippen LogP contribution in [0.3, 0.4) is 0 Å². The highest BCUT2D eigenvalue weighted by Crippen LogP contribution is 2.01. The normalized spacial score (nSPS) is 10.6. The lowest BCUT2D eigenvalue weighted by atomic mass is 10.2. The van der Waals surface area contributed by atoms with Gasteiger partial charge in [-0.2, -0.15) is 0 Å². The number of hydrogen-bond donors (Lipinski definition) is 1. The number of likely N-dealkylation sites (N-methyl/N-ethyl adjacent to an activating group) is 1. The van der Waals surface area contributed by atoms with E-state index in [4.69, 9.17) is 5.73 Å². The molecule has 0 fully saturated rings. The molecule has 0 saturated heterocycles. The van der Waals surface area contributed by atoms with Crippen molar-refractivity contribution < 1.29 is 0 Å². The van der Waals surface area contributed by atoms with E-state index in [9.17, 15) is 0 Å². The Hall–Kier alpha value is -1.09. The van der Waals surface area contributed by atoms with Gasteiger partial charge < -0.3 is 10.6 Å². The van der Waals surface area contributed by atoms with Crippen molar-refractivity contribution in [2.45, 2.75) is 6.42 Å². The van der Waals surface area contributed by atoms with Crippen LogP contribution in [-0.4, -0.2) is 30.5 Å². The number of aromatic nitrogens is 1. The molecule has 0 atom stereocenters. The number of nitrogens with two attached hydrogens (primary N) is 1. The van der Waals surface area contributed by atoms with Crippen LogP contribution in [0.1, 0.15) is 5.56 Å².